The van der Waals surface area contributed by atoms with Gasteiger partial charge >= 0.3 is 6.18 Å². The van der Waals surface area contributed by atoms with E-state index in [1.807, 2.05) is 19.9 Å². The van der Waals surface area contributed by atoms with Gasteiger partial charge in [-0.1, -0.05) is 28.8 Å². The van der Waals surface area contributed by atoms with Crippen LogP contribution in [0.5, 0.6) is 0 Å². The average Bonchev–Trinajstić information content (AvgIpc) is 2.66. The third-order valence-electron chi connectivity index (χ3n) is 4.87. The van der Waals surface area contributed by atoms with Gasteiger partial charge in [0, 0.05) is 31.7 Å². The van der Waals surface area contributed by atoms with E-state index in [0.717, 1.165) is 27.6 Å². The second kappa shape index (κ2) is 8.20. The summed E-state index contributed by atoms with van der Waals surface area (Å²) >= 11 is 5.90. The van der Waals surface area contributed by atoms with Crippen LogP contribution in [0.25, 0.3) is 0 Å². The van der Waals surface area contributed by atoms with Crippen molar-refractivity contribution < 1.29 is 26.4 Å². The highest BCUT2D eigenvalue weighted by atomic mass is 35.5. The molecule has 0 aromatic heterocycles. The number of nitrogens with zero attached hydrogens (tertiary/aromatic N) is 2. The Morgan fingerprint density at radius 2 is 1.53 bits per heavy atom. The summed E-state index contributed by atoms with van der Waals surface area (Å²) in [6.07, 6.45) is -4.69. The quantitative estimate of drug-likeness (QED) is 0.692. The Morgan fingerprint density at radius 3 is 2.07 bits per heavy atom. The molecule has 0 N–H and O–H groups in total. The zero-order valence-electron chi connectivity index (χ0n) is 16.3. The molecule has 0 spiro atoms. The number of halogens is 4. The molecule has 1 aliphatic heterocycles. The molecule has 1 heterocycles. The Balaban J connectivity index is 1.78. The van der Waals surface area contributed by atoms with Crippen LogP contribution in [0.2, 0.25) is 5.02 Å². The fourth-order valence-corrected chi connectivity index (χ4v) is 5.35. The van der Waals surface area contributed by atoms with Crippen LogP contribution in [-0.2, 0) is 16.2 Å². The Labute approximate surface area is 178 Å². The van der Waals surface area contributed by atoms with Crippen LogP contribution in [0.1, 0.15) is 27.0 Å². The molecule has 0 unspecified atom stereocenters. The van der Waals surface area contributed by atoms with Crippen LogP contribution in [0, 0.1) is 13.8 Å². The Bertz CT molecular complexity index is 1060. The van der Waals surface area contributed by atoms with E-state index in [1.165, 1.54) is 4.90 Å². The number of piperazine rings is 1. The van der Waals surface area contributed by atoms with Crippen molar-refractivity contribution in [1.29, 1.82) is 0 Å². The van der Waals surface area contributed by atoms with Crippen LogP contribution in [0.3, 0.4) is 0 Å². The smallest absolute Gasteiger partial charge is 0.336 e. The van der Waals surface area contributed by atoms with Crippen LogP contribution >= 0.6 is 11.6 Å². The molecule has 0 aliphatic carbocycles. The zero-order chi connectivity index (χ0) is 22.3. The van der Waals surface area contributed by atoms with Crippen molar-refractivity contribution in [2.24, 2.45) is 0 Å². The first kappa shape index (κ1) is 22.6. The normalized spacial score (nSPS) is 16.0. The maximum absolute atomic E-state index is 13.0. The van der Waals surface area contributed by atoms with Gasteiger partial charge in [-0.25, -0.2) is 8.42 Å². The summed E-state index contributed by atoms with van der Waals surface area (Å²) in [5, 5.41) is -0.281. The highest BCUT2D eigenvalue weighted by Crippen LogP contribution is 2.34. The number of aryl methyl sites for hydroxylation is 2. The van der Waals surface area contributed by atoms with Crippen LogP contribution in [0.15, 0.2) is 41.3 Å². The molecule has 0 saturated carbocycles. The minimum atomic E-state index is -4.69. The van der Waals surface area contributed by atoms with Crippen LogP contribution in [-0.4, -0.2) is 49.7 Å². The van der Waals surface area contributed by atoms with E-state index < -0.39 is 26.7 Å². The summed E-state index contributed by atoms with van der Waals surface area (Å²) < 4.78 is 65.8. The lowest BCUT2D eigenvalue weighted by molar-refractivity contribution is -0.137. The van der Waals surface area contributed by atoms with E-state index in [-0.39, 0.29) is 37.1 Å². The lowest BCUT2D eigenvalue weighted by Crippen LogP contribution is -2.50. The van der Waals surface area contributed by atoms with Gasteiger partial charge in [0.05, 0.1) is 10.6 Å². The highest BCUT2D eigenvalue weighted by molar-refractivity contribution is 7.89. The van der Waals surface area contributed by atoms with Crippen LogP contribution < -0.4 is 0 Å². The van der Waals surface area contributed by atoms with Gasteiger partial charge in [-0.15, -0.1) is 0 Å². The molecule has 162 valence electrons. The molecule has 1 amide bonds. The molecule has 2 aromatic rings. The highest BCUT2D eigenvalue weighted by Gasteiger charge is 2.36. The predicted molar refractivity (Wildman–Crippen MR) is 107 cm³/mol. The summed E-state index contributed by atoms with van der Waals surface area (Å²) in [5.41, 5.74) is 1.32. The van der Waals surface area contributed by atoms with Gasteiger partial charge < -0.3 is 4.90 Å². The summed E-state index contributed by atoms with van der Waals surface area (Å²) in [6, 6.07) is 7.69. The second-order valence-electron chi connectivity index (χ2n) is 7.22. The number of hydrogen-bond acceptors (Lipinski definition) is 3. The number of carbonyl (C=O) groups is 1. The summed E-state index contributed by atoms with van der Waals surface area (Å²) in [7, 11) is -4.24. The van der Waals surface area contributed by atoms with E-state index >= 15 is 0 Å². The number of carbonyl (C=O) groups excluding carboxylic acids is 1. The number of rotatable bonds is 3. The number of benzene rings is 2. The van der Waals surface area contributed by atoms with Gasteiger partial charge in [-0.2, -0.15) is 17.5 Å². The molecule has 1 saturated heterocycles. The monoisotopic (exact) mass is 460 g/mol. The van der Waals surface area contributed by atoms with Gasteiger partial charge in [-0.3, -0.25) is 4.79 Å². The van der Waals surface area contributed by atoms with Gasteiger partial charge in [0.15, 0.2) is 0 Å². The topological polar surface area (TPSA) is 57.7 Å². The van der Waals surface area contributed by atoms with Gasteiger partial charge in [0.25, 0.3) is 5.91 Å². The Kier molecular flexibility index (Phi) is 6.18. The molecule has 0 bridgehead atoms. The van der Waals surface area contributed by atoms with Gasteiger partial charge in [-0.05, 0) is 44.2 Å². The average molecular weight is 461 g/mol. The Hall–Kier alpha value is -2.10. The van der Waals surface area contributed by atoms with Crippen molar-refractivity contribution in [3.05, 3.63) is 63.7 Å². The largest absolute Gasteiger partial charge is 0.416 e. The lowest BCUT2D eigenvalue weighted by Gasteiger charge is -2.34. The summed E-state index contributed by atoms with van der Waals surface area (Å²) in [6.45, 7) is 3.94. The first-order valence-electron chi connectivity index (χ1n) is 9.14. The zero-order valence-corrected chi connectivity index (χ0v) is 17.9. The molecular formula is C20H20ClF3N2O3S. The van der Waals surface area contributed by atoms with Crippen molar-refractivity contribution in [3.63, 3.8) is 0 Å². The fourth-order valence-electron chi connectivity index (χ4n) is 3.43. The summed E-state index contributed by atoms with van der Waals surface area (Å²) in [5.74, 6) is -0.212. The Morgan fingerprint density at radius 1 is 0.967 bits per heavy atom. The van der Waals surface area contributed by atoms with E-state index in [1.54, 1.807) is 12.1 Å². The number of sulfonamides is 1. The maximum Gasteiger partial charge on any atom is 0.416 e. The third kappa shape index (κ3) is 4.63. The fraction of sp³-hybridized carbons (Fsp3) is 0.350. The second-order valence-corrected chi connectivity index (χ2v) is 9.53. The molecule has 2 aromatic carbocycles. The van der Waals surface area contributed by atoms with Crippen molar-refractivity contribution in [1.82, 2.24) is 9.21 Å². The van der Waals surface area contributed by atoms with Crippen molar-refractivity contribution in [3.8, 4) is 0 Å². The molecule has 10 heteroatoms. The molecule has 3 rings (SSSR count). The number of alkyl halides is 3. The van der Waals surface area contributed by atoms with E-state index in [9.17, 15) is 26.4 Å². The van der Waals surface area contributed by atoms with Crippen molar-refractivity contribution in [2.45, 2.75) is 24.9 Å². The molecule has 1 aliphatic rings. The minimum Gasteiger partial charge on any atom is -0.336 e. The number of hydrogen-bond donors (Lipinski definition) is 0. The number of amides is 1. The lowest BCUT2D eigenvalue weighted by atomic mass is 10.1. The maximum atomic E-state index is 13.0. The molecule has 5 nitrogen and oxygen atoms in total. The molecular weight excluding hydrogens is 441 g/mol. The van der Waals surface area contributed by atoms with Crippen LogP contribution in [0.4, 0.5) is 13.2 Å². The van der Waals surface area contributed by atoms with E-state index in [2.05, 4.69) is 0 Å². The van der Waals surface area contributed by atoms with E-state index in [0.29, 0.717) is 11.6 Å². The molecule has 30 heavy (non-hydrogen) atoms. The minimum absolute atomic E-state index is 0.0363. The molecule has 0 radical (unpaired) electrons. The van der Waals surface area contributed by atoms with E-state index in [4.69, 9.17) is 11.6 Å². The molecule has 1 fully saturated rings. The third-order valence-corrected chi connectivity index (χ3v) is 7.25. The van der Waals surface area contributed by atoms with Gasteiger partial charge in [0.2, 0.25) is 10.0 Å². The standard InChI is InChI=1S/C20H20ClF3N2O3S/c1-13-9-14(2)11-15(10-13)19(27)25-5-7-26(8-6-25)30(28,29)18-12-16(20(22,23)24)3-4-17(18)21/h3-4,9-12H,5-8H2,1-2H3. The first-order chi connectivity index (χ1) is 13.9. The van der Waals surface area contributed by atoms with Crippen molar-refractivity contribution in [2.75, 3.05) is 26.2 Å². The van der Waals surface area contributed by atoms with Gasteiger partial charge in [0.1, 0.15) is 4.90 Å². The first-order valence-corrected chi connectivity index (χ1v) is 11.0. The summed E-state index contributed by atoms with van der Waals surface area (Å²) in [4.78, 5) is 13.7. The predicted octanol–water partition coefficient (Wildman–Crippen LogP) is 4.12. The van der Waals surface area contributed by atoms with Crippen molar-refractivity contribution >= 4 is 27.5 Å². The molecule has 0 atom stereocenters. The SMILES string of the molecule is Cc1cc(C)cc(C(=O)N2CCN(S(=O)(=O)c3cc(C(F)(F)F)ccc3Cl)CC2)c1.